The summed E-state index contributed by atoms with van der Waals surface area (Å²) in [5, 5.41) is 10.8. The smallest absolute Gasteiger partial charge is 0.344 e. The molecule has 0 aromatic heterocycles. The molecule has 0 atom stereocenters. The minimum absolute atomic E-state index is 0.0427. The number of piperazine rings is 1. The first-order valence-corrected chi connectivity index (χ1v) is 10.9. The lowest BCUT2D eigenvalue weighted by molar-refractivity contribution is -0.384. The van der Waals surface area contributed by atoms with Crippen molar-refractivity contribution in [3.8, 4) is 5.75 Å². The Hall–Kier alpha value is -3.62. The van der Waals surface area contributed by atoms with E-state index in [1.807, 2.05) is 25.1 Å². The third kappa shape index (κ3) is 6.44. The Morgan fingerprint density at radius 2 is 1.70 bits per heavy atom. The molecule has 9 nitrogen and oxygen atoms in total. The highest BCUT2D eigenvalue weighted by molar-refractivity contribution is 5.81. The number of carbonyl (C=O) groups excluding carboxylic acids is 2. The van der Waals surface area contributed by atoms with Gasteiger partial charge in [-0.1, -0.05) is 19.9 Å². The van der Waals surface area contributed by atoms with Crippen molar-refractivity contribution in [2.24, 2.45) is 0 Å². The molecule has 176 valence electrons. The topological polar surface area (TPSA) is 102 Å². The maximum atomic E-state index is 12.4. The van der Waals surface area contributed by atoms with Crippen LogP contribution in [0.15, 0.2) is 42.5 Å². The first kappa shape index (κ1) is 24.0. The molecular weight excluding hydrogens is 426 g/mol. The van der Waals surface area contributed by atoms with Crippen molar-refractivity contribution < 1.29 is 24.0 Å². The standard InChI is InChI=1S/C24H29N3O6/c1-17(2)22-9-8-21(14-18(22)3)32-16-24(29)33-15-23(28)26-12-10-25(11-13-26)19-4-6-20(7-5-19)27(30)31/h4-9,14,17H,10-13,15-16H2,1-3H3. The number of nitrogens with zero attached hydrogens (tertiary/aromatic N) is 3. The van der Waals surface area contributed by atoms with Crippen LogP contribution in [0.4, 0.5) is 11.4 Å². The third-order valence-electron chi connectivity index (χ3n) is 5.63. The number of ether oxygens (including phenoxy) is 2. The Balaban J connectivity index is 1.40. The summed E-state index contributed by atoms with van der Waals surface area (Å²) in [7, 11) is 0. The van der Waals surface area contributed by atoms with Crippen molar-refractivity contribution in [2.45, 2.75) is 26.7 Å². The summed E-state index contributed by atoms with van der Waals surface area (Å²) in [5.74, 6) is 0.135. The number of non-ortho nitro benzene ring substituents is 1. The van der Waals surface area contributed by atoms with Crippen LogP contribution in [0.2, 0.25) is 0 Å². The zero-order chi connectivity index (χ0) is 24.0. The van der Waals surface area contributed by atoms with Crippen molar-refractivity contribution in [3.05, 3.63) is 63.7 Å². The molecule has 9 heteroatoms. The number of rotatable bonds is 8. The zero-order valence-corrected chi connectivity index (χ0v) is 19.2. The number of amides is 1. The van der Waals surface area contributed by atoms with Gasteiger partial charge in [0.25, 0.3) is 11.6 Å². The highest BCUT2D eigenvalue weighted by Crippen LogP contribution is 2.23. The highest BCUT2D eigenvalue weighted by atomic mass is 16.6. The van der Waals surface area contributed by atoms with E-state index < -0.39 is 10.9 Å². The highest BCUT2D eigenvalue weighted by Gasteiger charge is 2.22. The van der Waals surface area contributed by atoms with E-state index in [-0.39, 0.29) is 24.8 Å². The van der Waals surface area contributed by atoms with Gasteiger partial charge < -0.3 is 19.3 Å². The van der Waals surface area contributed by atoms with Crippen molar-refractivity contribution in [2.75, 3.05) is 44.3 Å². The van der Waals surface area contributed by atoms with E-state index in [9.17, 15) is 19.7 Å². The van der Waals surface area contributed by atoms with Gasteiger partial charge in [0, 0.05) is 44.0 Å². The van der Waals surface area contributed by atoms with Crippen molar-refractivity contribution in [3.63, 3.8) is 0 Å². The fourth-order valence-corrected chi connectivity index (χ4v) is 3.80. The van der Waals surface area contributed by atoms with Crippen molar-refractivity contribution in [1.29, 1.82) is 0 Å². The first-order chi connectivity index (χ1) is 15.7. The molecule has 33 heavy (non-hydrogen) atoms. The Morgan fingerprint density at radius 1 is 1.03 bits per heavy atom. The van der Waals surface area contributed by atoms with Crippen LogP contribution in [0.25, 0.3) is 0 Å². The maximum Gasteiger partial charge on any atom is 0.344 e. The third-order valence-corrected chi connectivity index (χ3v) is 5.63. The average Bonchev–Trinajstić information content (AvgIpc) is 2.81. The Bertz CT molecular complexity index is 998. The molecule has 1 saturated heterocycles. The van der Waals surface area contributed by atoms with Crippen LogP contribution in [-0.2, 0) is 14.3 Å². The summed E-state index contributed by atoms with van der Waals surface area (Å²) in [5.41, 5.74) is 3.23. The van der Waals surface area contributed by atoms with Gasteiger partial charge in [-0.15, -0.1) is 0 Å². The fraction of sp³-hybridized carbons (Fsp3) is 0.417. The van der Waals surface area contributed by atoms with Crippen LogP contribution in [0, 0.1) is 17.0 Å². The van der Waals surface area contributed by atoms with Crippen LogP contribution in [0.1, 0.15) is 30.9 Å². The molecule has 0 saturated carbocycles. The molecule has 1 heterocycles. The number of nitro groups is 1. The number of esters is 1. The molecule has 0 spiro atoms. The number of carbonyl (C=O) groups is 2. The number of anilines is 1. The van der Waals surface area contributed by atoms with Gasteiger partial charge in [-0.3, -0.25) is 14.9 Å². The van der Waals surface area contributed by atoms with Crippen LogP contribution in [0.3, 0.4) is 0 Å². The van der Waals surface area contributed by atoms with Gasteiger partial charge in [0.1, 0.15) is 5.75 Å². The van der Waals surface area contributed by atoms with E-state index in [4.69, 9.17) is 9.47 Å². The lowest BCUT2D eigenvalue weighted by Gasteiger charge is -2.36. The number of benzene rings is 2. The normalized spacial score (nSPS) is 13.7. The molecular formula is C24H29N3O6. The predicted octanol–water partition coefficient (Wildman–Crippen LogP) is 3.30. The first-order valence-electron chi connectivity index (χ1n) is 10.9. The minimum Gasteiger partial charge on any atom is -0.482 e. The summed E-state index contributed by atoms with van der Waals surface area (Å²) < 4.78 is 10.6. The van der Waals surface area contributed by atoms with E-state index in [0.29, 0.717) is 37.8 Å². The van der Waals surface area contributed by atoms with Gasteiger partial charge in [0.15, 0.2) is 13.2 Å². The van der Waals surface area contributed by atoms with Gasteiger partial charge >= 0.3 is 5.97 Å². The summed E-state index contributed by atoms with van der Waals surface area (Å²) in [6, 6.07) is 12.0. The number of nitro benzene ring substituents is 1. The lowest BCUT2D eigenvalue weighted by atomic mass is 9.98. The Labute approximate surface area is 193 Å². The lowest BCUT2D eigenvalue weighted by Crippen LogP contribution is -2.50. The second kappa shape index (κ2) is 10.8. The summed E-state index contributed by atoms with van der Waals surface area (Å²) in [6.07, 6.45) is 0. The molecule has 1 aliphatic heterocycles. The molecule has 0 N–H and O–H groups in total. The van der Waals surface area contributed by atoms with Crippen molar-refractivity contribution >= 4 is 23.3 Å². The van der Waals surface area contributed by atoms with E-state index in [1.165, 1.54) is 17.7 Å². The molecule has 1 aliphatic rings. The van der Waals surface area contributed by atoms with Gasteiger partial charge in [-0.25, -0.2) is 4.79 Å². The van der Waals surface area contributed by atoms with Gasteiger partial charge in [-0.2, -0.15) is 0 Å². The molecule has 0 aliphatic carbocycles. The van der Waals surface area contributed by atoms with Gasteiger partial charge in [-0.05, 0) is 48.2 Å². The molecule has 1 amide bonds. The number of hydrogen-bond acceptors (Lipinski definition) is 7. The zero-order valence-electron chi connectivity index (χ0n) is 19.2. The molecule has 2 aromatic carbocycles. The van der Waals surface area contributed by atoms with Crippen LogP contribution >= 0.6 is 0 Å². The second-order valence-electron chi connectivity index (χ2n) is 8.26. The van der Waals surface area contributed by atoms with Crippen LogP contribution in [-0.4, -0.2) is 61.1 Å². The Morgan fingerprint density at radius 3 is 2.27 bits per heavy atom. The summed E-state index contributed by atoms with van der Waals surface area (Å²) >= 11 is 0. The van der Waals surface area contributed by atoms with Crippen LogP contribution < -0.4 is 9.64 Å². The largest absolute Gasteiger partial charge is 0.482 e. The molecule has 0 unspecified atom stereocenters. The SMILES string of the molecule is Cc1cc(OCC(=O)OCC(=O)N2CCN(c3ccc([N+](=O)[O-])cc3)CC2)ccc1C(C)C. The average molecular weight is 456 g/mol. The predicted molar refractivity (Wildman–Crippen MR) is 124 cm³/mol. The van der Waals surface area contributed by atoms with E-state index in [2.05, 4.69) is 18.7 Å². The summed E-state index contributed by atoms with van der Waals surface area (Å²) in [4.78, 5) is 38.4. The number of aryl methyl sites for hydroxylation is 1. The molecule has 2 aromatic rings. The molecule has 0 bridgehead atoms. The maximum absolute atomic E-state index is 12.4. The fourth-order valence-electron chi connectivity index (χ4n) is 3.80. The Kier molecular flexibility index (Phi) is 7.87. The number of hydrogen-bond donors (Lipinski definition) is 0. The van der Waals surface area contributed by atoms with Gasteiger partial charge in [0.2, 0.25) is 0 Å². The van der Waals surface area contributed by atoms with E-state index in [1.54, 1.807) is 17.0 Å². The van der Waals surface area contributed by atoms with Crippen molar-refractivity contribution in [1.82, 2.24) is 4.90 Å². The summed E-state index contributed by atoms with van der Waals surface area (Å²) in [6.45, 7) is 7.78. The molecule has 0 radical (unpaired) electrons. The minimum atomic E-state index is -0.599. The second-order valence-corrected chi connectivity index (χ2v) is 8.26. The van der Waals surface area contributed by atoms with Crippen LogP contribution in [0.5, 0.6) is 5.75 Å². The molecule has 3 rings (SSSR count). The van der Waals surface area contributed by atoms with Gasteiger partial charge in [0.05, 0.1) is 4.92 Å². The van der Waals surface area contributed by atoms with E-state index in [0.717, 1.165) is 11.3 Å². The quantitative estimate of drug-likeness (QED) is 0.342. The van der Waals surface area contributed by atoms with E-state index >= 15 is 0 Å². The monoisotopic (exact) mass is 455 g/mol. The molecule has 1 fully saturated rings.